The summed E-state index contributed by atoms with van der Waals surface area (Å²) in [6.07, 6.45) is -3.55. The van der Waals surface area contributed by atoms with Gasteiger partial charge in [-0.3, -0.25) is 9.59 Å². The Hall–Kier alpha value is -1.83. The maximum atomic E-state index is 12.4. The van der Waals surface area contributed by atoms with Gasteiger partial charge in [0.1, 0.15) is 0 Å². The van der Waals surface area contributed by atoms with Crippen molar-refractivity contribution in [2.45, 2.75) is 12.2 Å². The molecule has 2 rings (SSSR count). The molecule has 8 heteroatoms. The number of hydrogen-bond donors (Lipinski definition) is 1. The zero-order chi connectivity index (χ0) is 15.1. The number of amides is 1. The van der Waals surface area contributed by atoms with E-state index in [4.69, 9.17) is 0 Å². The Morgan fingerprint density at radius 2 is 2.10 bits per heavy atom. The van der Waals surface area contributed by atoms with Gasteiger partial charge in [-0.25, -0.2) is 0 Å². The molecule has 0 saturated carbocycles. The molecule has 0 aromatic carbocycles. The number of alkyl halides is 3. The number of fused-ring (bicyclic) bond motifs is 1. The van der Waals surface area contributed by atoms with Crippen LogP contribution >= 0.6 is 11.3 Å². The lowest BCUT2D eigenvalue weighted by atomic mass is 10.1. The van der Waals surface area contributed by atoms with E-state index < -0.39 is 18.1 Å². The lowest BCUT2D eigenvalue weighted by Crippen LogP contribution is -2.39. The van der Waals surface area contributed by atoms with Crippen molar-refractivity contribution in [1.29, 1.82) is 0 Å². The predicted octanol–water partition coefficient (Wildman–Crippen LogP) is 2.11. The standard InChI is InChI=1S/C12H11F3N2O2S/c1-17(2)5-7-8(16-11(19)12(13,14)15)6-3-4-20-10(6)9(7)18/h3-5,8H,1-2H3,(H,16,19)/b7-5+. The molecule has 1 aromatic heterocycles. The molecule has 0 radical (unpaired) electrons. The van der Waals surface area contributed by atoms with Gasteiger partial charge in [0.25, 0.3) is 0 Å². The van der Waals surface area contributed by atoms with Gasteiger partial charge in [0, 0.05) is 31.4 Å². The lowest BCUT2D eigenvalue weighted by Gasteiger charge is -2.17. The normalized spacial score (nSPS) is 20.1. The highest BCUT2D eigenvalue weighted by Crippen LogP contribution is 2.39. The van der Waals surface area contributed by atoms with Crippen LogP contribution in [0, 0.1) is 0 Å². The van der Waals surface area contributed by atoms with Gasteiger partial charge in [0.15, 0.2) is 0 Å². The Kier molecular flexibility index (Phi) is 3.59. The van der Waals surface area contributed by atoms with E-state index in [0.29, 0.717) is 10.4 Å². The monoisotopic (exact) mass is 304 g/mol. The third kappa shape index (κ3) is 2.55. The van der Waals surface area contributed by atoms with Crippen molar-refractivity contribution in [2.75, 3.05) is 14.1 Å². The van der Waals surface area contributed by atoms with Gasteiger partial charge < -0.3 is 10.2 Å². The molecule has 20 heavy (non-hydrogen) atoms. The van der Waals surface area contributed by atoms with E-state index in [1.807, 2.05) is 5.32 Å². The molecule has 0 spiro atoms. The molecule has 1 unspecified atom stereocenters. The van der Waals surface area contributed by atoms with Crippen LogP contribution in [0.25, 0.3) is 0 Å². The number of carbonyl (C=O) groups excluding carboxylic acids is 2. The number of nitrogens with one attached hydrogen (secondary N) is 1. The summed E-state index contributed by atoms with van der Waals surface area (Å²) in [7, 11) is 3.30. The zero-order valence-corrected chi connectivity index (χ0v) is 11.4. The number of ketones is 1. The maximum absolute atomic E-state index is 12.4. The molecule has 1 atom stereocenters. The minimum absolute atomic E-state index is 0.134. The van der Waals surface area contributed by atoms with Crippen LogP contribution in [-0.2, 0) is 4.79 Å². The highest BCUT2D eigenvalue weighted by atomic mass is 32.1. The first-order valence-corrected chi connectivity index (χ1v) is 6.47. The topological polar surface area (TPSA) is 49.4 Å². The van der Waals surface area contributed by atoms with Crippen molar-refractivity contribution in [3.63, 3.8) is 0 Å². The van der Waals surface area contributed by atoms with Crippen LogP contribution < -0.4 is 5.32 Å². The van der Waals surface area contributed by atoms with Gasteiger partial charge in [0.2, 0.25) is 5.78 Å². The Morgan fingerprint density at radius 1 is 1.45 bits per heavy atom. The second-order valence-corrected chi connectivity index (χ2v) is 5.40. The minimum Gasteiger partial charge on any atom is -0.383 e. The van der Waals surface area contributed by atoms with Crippen molar-refractivity contribution in [2.24, 2.45) is 0 Å². The first-order chi connectivity index (χ1) is 9.21. The largest absolute Gasteiger partial charge is 0.471 e. The maximum Gasteiger partial charge on any atom is 0.471 e. The fourth-order valence-electron chi connectivity index (χ4n) is 1.94. The molecule has 1 aliphatic carbocycles. The summed E-state index contributed by atoms with van der Waals surface area (Å²) in [4.78, 5) is 25.1. The van der Waals surface area contributed by atoms with Gasteiger partial charge in [-0.05, 0) is 11.4 Å². The molecule has 1 amide bonds. The summed E-state index contributed by atoms with van der Waals surface area (Å²) in [5, 5.41) is 3.49. The third-order valence-electron chi connectivity index (χ3n) is 2.72. The summed E-state index contributed by atoms with van der Waals surface area (Å²) >= 11 is 1.15. The minimum atomic E-state index is -4.98. The fourth-order valence-corrected chi connectivity index (χ4v) is 2.84. The molecule has 1 aromatic rings. The quantitative estimate of drug-likeness (QED) is 0.851. The Bertz CT molecular complexity index is 590. The zero-order valence-electron chi connectivity index (χ0n) is 10.6. The van der Waals surface area contributed by atoms with Crippen LogP contribution in [-0.4, -0.2) is 36.9 Å². The van der Waals surface area contributed by atoms with Crippen molar-refractivity contribution in [3.8, 4) is 0 Å². The van der Waals surface area contributed by atoms with Crippen LogP contribution in [0.2, 0.25) is 0 Å². The van der Waals surface area contributed by atoms with E-state index in [0.717, 1.165) is 11.3 Å². The van der Waals surface area contributed by atoms with Crippen molar-refractivity contribution >= 4 is 23.0 Å². The molecule has 0 saturated heterocycles. The van der Waals surface area contributed by atoms with Crippen LogP contribution in [0.4, 0.5) is 13.2 Å². The first kappa shape index (κ1) is 14.6. The fraction of sp³-hybridized carbons (Fsp3) is 0.333. The lowest BCUT2D eigenvalue weighted by molar-refractivity contribution is -0.174. The van der Waals surface area contributed by atoms with Crippen LogP contribution in [0.15, 0.2) is 23.2 Å². The summed E-state index contributed by atoms with van der Waals surface area (Å²) in [5.74, 6) is -2.41. The summed E-state index contributed by atoms with van der Waals surface area (Å²) < 4.78 is 37.1. The third-order valence-corrected chi connectivity index (χ3v) is 3.65. The van der Waals surface area contributed by atoms with E-state index in [1.165, 1.54) is 6.20 Å². The highest BCUT2D eigenvalue weighted by molar-refractivity contribution is 7.12. The molecule has 0 aliphatic heterocycles. The molecule has 1 N–H and O–H groups in total. The van der Waals surface area contributed by atoms with Crippen LogP contribution in [0.5, 0.6) is 0 Å². The average molecular weight is 304 g/mol. The molecule has 0 bridgehead atoms. The van der Waals surface area contributed by atoms with E-state index in [1.54, 1.807) is 30.4 Å². The Labute approximate surface area is 116 Å². The molecular formula is C12H11F3N2O2S. The Balaban J connectivity index is 2.38. The molecule has 4 nitrogen and oxygen atoms in total. The Morgan fingerprint density at radius 3 is 2.65 bits per heavy atom. The van der Waals surface area contributed by atoms with Crippen molar-refractivity contribution < 1.29 is 22.8 Å². The summed E-state index contributed by atoms with van der Waals surface area (Å²) in [6.45, 7) is 0. The number of carbonyl (C=O) groups is 2. The summed E-state index contributed by atoms with van der Waals surface area (Å²) in [5.41, 5.74) is 0.542. The van der Waals surface area contributed by atoms with E-state index in [-0.39, 0.29) is 11.4 Å². The average Bonchev–Trinajstić information content (AvgIpc) is 2.86. The molecule has 108 valence electrons. The molecule has 0 fully saturated rings. The van der Waals surface area contributed by atoms with Gasteiger partial charge in [-0.15, -0.1) is 11.3 Å². The van der Waals surface area contributed by atoms with Crippen LogP contribution in [0.1, 0.15) is 21.3 Å². The summed E-state index contributed by atoms with van der Waals surface area (Å²) in [6, 6.07) is 0.496. The van der Waals surface area contributed by atoms with E-state index in [9.17, 15) is 22.8 Å². The van der Waals surface area contributed by atoms with E-state index in [2.05, 4.69) is 0 Å². The number of nitrogens with zero attached hydrogens (tertiary/aromatic N) is 1. The molecule has 1 aliphatic rings. The van der Waals surface area contributed by atoms with Crippen molar-refractivity contribution in [1.82, 2.24) is 10.2 Å². The number of rotatable bonds is 2. The van der Waals surface area contributed by atoms with Crippen molar-refractivity contribution in [3.05, 3.63) is 33.7 Å². The number of thiophene rings is 1. The van der Waals surface area contributed by atoms with Gasteiger partial charge >= 0.3 is 12.1 Å². The van der Waals surface area contributed by atoms with Gasteiger partial charge in [0.05, 0.1) is 10.9 Å². The second kappa shape index (κ2) is 4.93. The number of Topliss-reactive ketones (excluding diaryl/α,β-unsaturated/α-hetero) is 1. The second-order valence-electron chi connectivity index (χ2n) is 4.49. The van der Waals surface area contributed by atoms with Gasteiger partial charge in [-0.2, -0.15) is 13.2 Å². The first-order valence-electron chi connectivity index (χ1n) is 5.59. The highest BCUT2D eigenvalue weighted by Gasteiger charge is 2.44. The van der Waals surface area contributed by atoms with Crippen LogP contribution in [0.3, 0.4) is 0 Å². The van der Waals surface area contributed by atoms with E-state index >= 15 is 0 Å². The number of halogens is 3. The number of hydrogen-bond acceptors (Lipinski definition) is 4. The molecular weight excluding hydrogens is 293 g/mol. The molecule has 1 heterocycles. The smallest absolute Gasteiger partial charge is 0.383 e. The van der Waals surface area contributed by atoms with Gasteiger partial charge in [-0.1, -0.05) is 0 Å². The predicted molar refractivity (Wildman–Crippen MR) is 67.4 cm³/mol. The SMILES string of the molecule is CN(C)/C=C1/C(=O)c2sccc2C1NC(=O)C(F)(F)F.